The molecule has 0 unspecified atom stereocenters. The van der Waals surface area contributed by atoms with E-state index in [0.29, 0.717) is 11.4 Å². The van der Waals surface area contributed by atoms with E-state index in [2.05, 4.69) is 22.9 Å². The van der Waals surface area contributed by atoms with Gasteiger partial charge in [-0.25, -0.2) is 4.79 Å². The second kappa shape index (κ2) is 4.70. The van der Waals surface area contributed by atoms with Gasteiger partial charge in [-0.1, -0.05) is 29.3 Å². The molecule has 0 radical (unpaired) electrons. The molecule has 12 heavy (non-hydrogen) atoms. The van der Waals surface area contributed by atoms with Crippen LogP contribution in [0, 0.1) is 0 Å². The first-order chi connectivity index (χ1) is 5.74. The summed E-state index contributed by atoms with van der Waals surface area (Å²) < 4.78 is 5.00. The van der Waals surface area contributed by atoms with E-state index in [1.54, 1.807) is 4.90 Å². The average molecular weight is 236 g/mol. The lowest BCUT2D eigenvalue weighted by Gasteiger charge is -2.34. The average Bonchev–Trinajstić information content (AvgIpc) is 1.99. The largest absolute Gasteiger partial charge is 0.449 e. The number of amides is 1. The Morgan fingerprint density at radius 2 is 2.33 bits per heavy atom. The molecule has 1 aliphatic heterocycles. The molecule has 0 aromatic rings. The highest BCUT2D eigenvalue weighted by atomic mass is 79.9. The Morgan fingerprint density at radius 1 is 1.67 bits per heavy atom. The zero-order valence-electron chi connectivity index (χ0n) is 7.25. The maximum absolute atomic E-state index is 11.1. The minimum atomic E-state index is -0.167. The van der Waals surface area contributed by atoms with Crippen LogP contribution in [0.2, 0.25) is 0 Å². The maximum atomic E-state index is 11.1. The van der Waals surface area contributed by atoms with Gasteiger partial charge in [-0.2, -0.15) is 0 Å². The molecule has 0 N–H and O–H groups in total. The molecule has 0 aromatic carbocycles. The first kappa shape index (κ1) is 9.84. The van der Waals surface area contributed by atoms with E-state index >= 15 is 0 Å². The monoisotopic (exact) mass is 235 g/mol. The fourth-order valence-electron chi connectivity index (χ4n) is 0.969. The topological polar surface area (TPSA) is 29.5 Å². The summed E-state index contributed by atoms with van der Waals surface area (Å²) in [4.78, 5) is 13.3. The van der Waals surface area contributed by atoms with Gasteiger partial charge in [-0.3, -0.25) is 0 Å². The van der Waals surface area contributed by atoms with Gasteiger partial charge in [0.1, 0.15) is 0 Å². The number of ether oxygens (including phenoxy) is 1. The molecule has 1 fully saturated rings. The van der Waals surface area contributed by atoms with Gasteiger partial charge < -0.3 is 9.64 Å². The molecule has 0 bridgehead atoms. The van der Waals surface area contributed by atoms with Crippen LogP contribution in [0.1, 0.15) is 19.8 Å². The van der Waals surface area contributed by atoms with E-state index in [-0.39, 0.29) is 6.09 Å². The van der Waals surface area contributed by atoms with E-state index in [0.717, 1.165) is 25.9 Å². The second-order valence-electron chi connectivity index (χ2n) is 2.97. The normalized spacial score (nSPS) is 17.3. The SMILES string of the molecule is CCCCOC(=O)N1CC(Br)C1. The summed E-state index contributed by atoms with van der Waals surface area (Å²) in [6.07, 6.45) is 1.85. The molecule has 1 aliphatic rings. The van der Waals surface area contributed by atoms with Gasteiger partial charge in [0.15, 0.2) is 0 Å². The maximum Gasteiger partial charge on any atom is 0.409 e. The lowest BCUT2D eigenvalue weighted by atomic mass is 10.2. The number of nitrogens with zero attached hydrogens (tertiary/aromatic N) is 1. The minimum Gasteiger partial charge on any atom is -0.449 e. The summed E-state index contributed by atoms with van der Waals surface area (Å²) in [6, 6.07) is 0. The molecule has 0 aromatic heterocycles. The van der Waals surface area contributed by atoms with E-state index in [1.165, 1.54) is 0 Å². The van der Waals surface area contributed by atoms with Crippen LogP contribution in [0.15, 0.2) is 0 Å². The minimum absolute atomic E-state index is 0.167. The lowest BCUT2D eigenvalue weighted by molar-refractivity contribution is 0.0830. The summed E-state index contributed by atoms with van der Waals surface area (Å²) in [6.45, 7) is 4.20. The third-order valence-corrected chi connectivity index (χ3v) is 2.40. The van der Waals surface area contributed by atoms with Crippen molar-refractivity contribution >= 4 is 22.0 Å². The van der Waals surface area contributed by atoms with Crippen molar-refractivity contribution in [3.05, 3.63) is 0 Å². The van der Waals surface area contributed by atoms with Crippen LogP contribution < -0.4 is 0 Å². The van der Waals surface area contributed by atoms with Gasteiger partial charge in [0.05, 0.1) is 11.4 Å². The summed E-state index contributed by atoms with van der Waals surface area (Å²) in [5.74, 6) is 0. The third-order valence-electron chi connectivity index (χ3n) is 1.82. The molecule has 1 saturated heterocycles. The van der Waals surface area contributed by atoms with Crippen molar-refractivity contribution in [3.8, 4) is 0 Å². The van der Waals surface area contributed by atoms with Crippen molar-refractivity contribution in [1.82, 2.24) is 4.90 Å². The molecule has 0 aliphatic carbocycles. The van der Waals surface area contributed by atoms with E-state index < -0.39 is 0 Å². The Balaban J connectivity index is 2.04. The molecule has 1 rings (SSSR count). The Bertz CT molecular complexity index is 157. The number of likely N-dealkylation sites (tertiary alicyclic amines) is 1. The standard InChI is InChI=1S/C8H14BrNO2/c1-2-3-4-12-8(11)10-5-7(9)6-10/h7H,2-6H2,1H3. The second-order valence-corrected chi connectivity index (χ2v) is 4.27. The Kier molecular flexibility index (Phi) is 3.85. The first-order valence-corrected chi connectivity index (χ1v) is 5.21. The van der Waals surface area contributed by atoms with Crippen molar-refractivity contribution in [3.63, 3.8) is 0 Å². The van der Waals surface area contributed by atoms with Crippen molar-refractivity contribution < 1.29 is 9.53 Å². The fourth-order valence-corrected chi connectivity index (χ4v) is 1.67. The lowest BCUT2D eigenvalue weighted by Crippen LogP contribution is -2.50. The summed E-state index contributed by atoms with van der Waals surface area (Å²) in [5, 5.41) is 0. The molecule has 0 spiro atoms. The van der Waals surface area contributed by atoms with Crippen molar-refractivity contribution in [2.45, 2.75) is 24.6 Å². The van der Waals surface area contributed by atoms with Gasteiger partial charge in [0.25, 0.3) is 0 Å². The summed E-state index contributed by atoms with van der Waals surface area (Å²) >= 11 is 3.40. The molecular formula is C8H14BrNO2. The van der Waals surface area contributed by atoms with Gasteiger partial charge >= 0.3 is 6.09 Å². The van der Waals surface area contributed by atoms with E-state index in [1.807, 2.05) is 0 Å². The third kappa shape index (κ3) is 2.66. The Labute approximate surface area is 81.2 Å². The van der Waals surface area contributed by atoms with Crippen molar-refractivity contribution in [2.75, 3.05) is 19.7 Å². The van der Waals surface area contributed by atoms with E-state index in [4.69, 9.17) is 4.74 Å². The number of hydrogen-bond donors (Lipinski definition) is 0. The number of carbonyl (C=O) groups is 1. The predicted molar refractivity (Wildman–Crippen MR) is 50.5 cm³/mol. The van der Waals surface area contributed by atoms with Crippen LogP contribution in [0.3, 0.4) is 0 Å². The highest BCUT2D eigenvalue weighted by Gasteiger charge is 2.29. The van der Waals surface area contributed by atoms with Gasteiger partial charge in [-0.05, 0) is 6.42 Å². The number of hydrogen-bond acceptors (Lipinski definition) is 2. The summed E-state index contributed by atoms with van der Waals surface area (Å²) in [5.41, 5.74) is 0. The van der Waals surface area contributed by atoms with E-state index in [9.17, 15) is 4.79 Å². The molecule has 0 atom stereocenters. The number of rotatable bonds is 3. The molecule has 3 nitrogen and oxygen atoms in total. The predicted octanol–water partition coefficient (Wildman–Crippen LogP) is 2.00. The molecular weight excluding hydrogens is 222 g/mol. The smallest absolute Gasteiger partial charge is 0.409 e. The molecule has 70 valence electrons. The number of unbranched alkanes of at least 4 members (excludes halogenated alkanes) is 1. The molecule has 0 saturated carbocycles. The molecule has 1 amide bonds. The van der Waals surface area contributed by atoms with Gasteiger partial charge in [0, 0.05) is 13.1 Å². The highest BCUT2D eigenvalue weighted by molar-refractivity contribution is 9.09. The van der Waals surface area contributed by atoms with Crippen LogP contribution in [0.25, 0.3) is 0 Å². The number of alkyl halides is 1. The zero-order valence-corrected chi connectivity index (χ0v) is 8.84. The first-order valence-electron chi connectivity index (χ1n) is 4.29. The van der Waals surface area contributed by atoms with Crippen LogP contribution in [0.4, 0.5) is 4.79 Å². The quantitative estimate of drug-likeness (QED) is 0.554. The van der Waals surface area contributed by atoms with Gasteiger partial charge in [-0.15, -0.1) is 0 Å². The van der Waals surface area contributed by atoms with Gasteiger partial charge in [0.2, 0.25) is 0 Å². The van der Waals surface area contributed by atoms with Crippen LogP contribution >= 0.6 is 15.9 Å². The zero-order chi connectivity index (χ0) is 8.97. The van der Waals surface area contributed by atoms with Crippen LogP contribution in [-0.2, 0) is 4.74 Å². The number of carbonyl (C=O) groups excluding carboxylic acids is 1. The van der Waals surface area contributed by atoms with Crippen molar-refractivity contribution in [1.29, 1.82) is 0 Å². The Morgan fingerprint density at radius 3 is 2.83 bits per heavy atom. The number of halogens is 1. The fraction of sp³-hybridized carbons (Fsp3) is 0.875. The Hall–Kier alpha value is -0.250. The highest BCUT2D eigenvalue weighted by Crippen LogP contribution is 2.16. The van der Waals surface area contributed by atoms with Crippen LogP contribution in [-0.4, -0.2) is 35.5 Å². The van der Waals surface area contributed by atoms with Crippen molar-refractivity contribution in [2.24, 2.45) is 0 Å². The van der Waals surface area contributed by atoms with Crippen LogP contribution in [0.5, 0.6) is 0 Å². The summed E-state index contributed by atoms with van der Waals surface area (Å²) in [7, 11) is 0. The molecule has 1 heterocycles. The molecule has 4 heteroatoms.